The molecule has 0 saturated heterocycles. The van der Waals surface area contributed by atoms with E-state index in [1.165, 1.54) is 11.8 Å². The Morgan fingerprint density at radius 2 is 1.88 bits per heavy atom. The highest BCUT2D eigenvalue weighted by Crippen LogP contribution is 2.36. The maximum absolute atomic E-state index is 10.6. The number of aromatic hydroxyl groups is 1. The molecule has 4 nitrogen and oxygen atoms in total. The van der Waals surface area contributed by atoms with Crippen molar-refractivity contribution in [2.24, 2.45) is 0 Å². The number of para-hydroxylation sites is 1. The van der Waals surface area contributed by atoms with Crippen LogP contribution < -0.4 is 0 Å². The van der Waals surface area contributed by atoms with E-state index >= 15 is 0 Å². The lowest BCUT2D eigenvalue weighted by Crippen LogP contribution is -1.89. The van der Waals surface area contributed by atoms with Gasteiger partial charge in [0.15, 0.2) is 0 Å². The minimum absolute atomic E-state index is 0.0612. The molecule has 0 aromatic heterocycles. The lowest BCUT2D eigenvalue weighted by Gasteiger charge is -2.05. The Morgan fingerprint density at radius 3 is 2.50 bits per heavy atom. The standard InChI is InChI=1S/C10H15O4PS/c11-9-5-1-2-6-10(9)16-8-4-3-7-15(12,13)14/h1-2,5-6,11H,3-4,7-8H2,(H2,12,13,14). The van der Waals surface area contributed by atoms with Crippen LogP contribution in [0.4, 0.5) is 0 Å². The molecule has 0 heterocycles. The van der Waals surface area contributed by atoms with Crippen molar-refractivity contribution in [3.63, 3.8) is 0 Å². The van der Waals surface area contributed by atoms with Crippen molar-refractivity contribution in [3.8, 4) is 5.75 Å². The number of hydrogen-bond acceptors (Lipinski definition) is 3. The monoisotopic (exact) mass is 262 g/mol. The van der Waals surface area contributed by atoms with Gasteiger partial charge >= 0.3 is 7.60 Å². The van der Waals surface area contributed by atoms with Gasteiger partial charge < -0.3 is 14.9 Å². The first-order chi connectivity index (χ1) is 7.49. The molecule has 0 aliphatic rings. The second kappa shape index (κ2) is 6.30. The number of phenolic OH excluding ortho intramolecular Hbond substituents is 1. The molecule has 1 aromatic rings. The maximum Gasteiger partial charge on any atom is 0.325 e. The zero-order valence-electron chi connectivity index (χ0n) is 8.74. The fourth-order valence-electron chi connectivity index (χ4n) is 1.18. The second-order valence-corrected chi connectivity index (χ2v) is 6.32. The lowest BCUT2D eigenvalue weighted by atomic mass is 10.3. The van der Waals surface area contributed by atoms with Crippen LogP contribution in [-0.2, 0) is 4.57 Å². The number of benzene rings is 1. The van der Waals surface area contributed by atoms with Crippen LogP contribution in [0.2, 0.25) is 0 Å². The summed E-state index contributed by atoms with van der Waals surface area (Å²) in [4.78, 5) is 18.1. The summed E-state index contributed by atoms with van der Waals surface area (Å²) in [7, 11) is -3.85. The van der Waals surface area contributed by atoms with E-state index in [1.54, 1.807) is 12.1 Å². The quantitative estimate of drug-likeness (QED) is 0.417. The highest BCUT2D eigenvalue weighted by molar-refractivity contribution is 7.99. The predicted molar refractivity (Wildman–Crippen MR) is 65.0 cm³/mol. The lowest BCUT2D eigenvalue weighted by molar-refractivity contribution is 0.371. The Morgan fingerprint density at radius 1 is 1.19 bits per heavy atom. The smallest absolute Gasteiger partial charge is 0.325 e. The molecule has 1 aromatic carbocycles. The van der Waals surface area contributed by atoms with E-state index in [-0.39, 0.29) is 11.9 Å². The highest BCUT2D eigenvalue weighted by Gasteiger charge is 2.11. The molecule has 0 aliphatic carbocycles. The van der Waals surface area contributed by atoms with E-state index in [4.69, 9.17) is 9.79 Å². The minimum atomic E-state index is -3.85. The number of phenols is 1. The second-order valence-electron chi connectivity index (χ2n) is 3.41. The van der Waals surface area contributed by atoms with Crippen LogP contribution in [0.15, 0.2) is 29.2 Å². The van der Waals surface area contributed by atoms with E-state index in [9.17, 15) is 9.67 Å². The largest absolute Gasteiger partial charge is 0.507 e. The highest BCUT2D eigenvalue weighted by atomic mass is 32.2. The van der Waals surface area contributed by atoms with Gasteiger partial charge in [-0.3, -0.25) is 4.57 Å². The molecule has 0 fully saturated rings. The SMILES string of the molecule is O=P(O)(O)CCCCSc1ccccc1O. The molecule has 90 valence electrons. The van der Waals surface area contributed by atoms with Gasteiger partial charge in [0.05, 0.1) is 0 Å². The summed E-state index contributed by atoms with van der Waals surface area (Å²) in [5, 5.41) is 9.45. The fraction of sp³-hybridized carbons (Fsp3) is 0.400. The topological polar surface area (TPSA) is 77.8 Å². The third-order valence-electron chi connectivity index (χ3n) is 1.97. The van der Waals surface area contributed by atoms with Gasteiger partial charge in [-0.05, 0) is 30.7 Å². The third kappa shape index (κ3) is 5.56. The first kappa shape index (κ1) is 13.6. The average Bonchev–Trinajstić information content (AvgIpc) is 2.18. The van der Waals surface area contributed by atoms with Crippen LogP contribution in [0.25, 0.3) is 0 Å². The predicted octanol–water partition coefficient (Wildman–Crippen LogP) is 2.44. The summed E-state index contributed by atoms with van der Waals surface area (Å²) in [5.41, 5.74) is 0. The van der Waals surface area contributed by atoms with Gasteiger partial charge in [0, 0.05) is 11.1 Å². The van der Waals surface area contributed by atoms with Crippen molar-refractivity contribution < 1.29 is 19.5 Å². The summed E-state index contributed by atoms with van der Waals surface area (Å²) in [6.07, 6.45) is 1.17. The van der Waals surface area contributed by atoms with Gasteiger partial charge in [-0.1, -0.05) is 12.1 Å². The molecule has 0 amide bonds. The van der Waals surface area contributed by atoms with Gasteiger partial charge in [-0.25, -0.2) is 0 Å². The van der Waals surface area contributed by atoms with Crippen molar-refractivity contribution >= 4 is 19.4 Å². The summed E-state index contributed by atoms with van der Waals surface area (Å²) in [5.74, 6) is 1.000. The molecule has 0 radical (unpaired) electrons. The fourth-order valence-corrected chi connectivity index (χ4v) is 2.78. The van der Waals surface area contributed by atoms with Crippen molar-refractivity contribution in [3.05, 3.63) is 24.3 Å². The molecule has 0 aliphatic heterocycles. The Hall–Kier alpha value is -0.480. The molecule has 1 rings (SSSR count). The number of rotatable bonds is 6. The average molecular weight is 262 g/mol. The first-order valence-electron chi connectivity index (χ1n) is 4.94. The van der Waals surface area contributed by atoms with E-state index in [2.05, 4.69) is 0 Å². The normalized spacial score (nSPS) is 11.6. The Bertz CT molecular complexity index is 377. The van der Waals surface area contributed by atoms with E-state index in [1.807, 2.05) is 12.1 Å². The van der Waals surface area contributed by atoms with Gasteiger partial charge in [0.2, 0.25) is 0 Å². The van der Waals surface area contributed by atoms with Crippen LogP contribution in [0.3, 0.4) is 0 Å². The molecule has 3 N–H and O–H groups in total. The number of unbranched alkanes of at least 4 members (excludes halogenated alkanes) is 1. The number of thioether (sulfide) groups is 1. The zero-order valence-corrected chi connectivity index (χ0v) is 10.5. The summed E-state index contributed by atoms with van der Waals surface area (Å²) in [6, 6.07) is 7.05. The maximum atomic E-state index is 10.6. The molecule has 6 heteroatoms. The van der Waals surface area contributed by atoms with Crippen LogP contribution in [-0.4, -0.2) is 26.8 Å². The van der Waals surface area contributed by atoms with E-state index < -0.39 is 7.60 Å². The van der Waals surface area contributed by atoms with Crippen LogP contribution in [0.1, 0.15) is 12.8 Å². The number of hydrogen-bond donors (Lipinski definition) is 3. The zero-order chi connectivity index (χ0) is 12.0. The Balaban J connectivity index is 2.22. The summed E-state index contributed by atoms with van der Waals surface area (Å²) < 4.78 is 10.6. The molecule has 0 atom stereocenters. The molecule has 16 heavy (non-hydrogen) atoms. The Labute approximate surface area is 98.9 Å². The van der Waals surface area contributed by atoms with Gasteiger partial charge in [-0.15, -0.1) is 11.8 Å². The third-order valence-corrected chi connectivity index (χ3v) is 4.01. The van der Waals surface area contributed by atoms with Gasteiger partial charge in [-0.2, -0.15) is 0 Å². The molecule has 0 saturated carbocycles. The molecule has 0 unspecified atom stereocenters. The molecular formula is C10H15O4PS. The van der Waals surface area contributed by atoms with Gasteiger partial charge in [0.25, 0.3) is 0 Å². The summed E-state index contributed by atoms with van der Waals surface area (Å²) >= 11 is 1.49. The molecular weight excluding hydrogens is 247 g/mol. The first-order valence-corrected chi connectivity index (χ1v) is 7.73. The van der Waals surface area contributed by atoms with Crippen LogP contribution >= 0.6 is 19.4 Å². The minimum Gasteiger partial charge on any atom is -0.507 e. The van der Waals surface area contributed by atoms with Crippen molar-refractivity contribution in [2.45, 2.75) is 17.7 Å². The summed E-state index contributed by atoms with van der Waals surface area (Å²) in [6.45, 7) is 0. The van der Waals surface area contributed by atoms with Crippen molar-refractivity contribution in [2.75, 3.05) is 11.9 Å². The molecule has 0 spiro atoms. The van der Waals surface area contributed by atoms with Crippen LogP contribution in [0.5, 0.6) is 5.75 Å². The van der Waals surface area contributed by atoms with E-state index in [0.29, 0.717) is 6.42 Å². The van der Waals surface area contributed by atoms with Gasteiger partial charge in [0.1, 0.15) is 5.75 Å². The van der Waals surface area contributed by atoms with Crippen molar-refractivity contribution in [1.29, 1.82) is 0 Å². The van der Waals surface area contributed by atoms with Crippen molar-refractivity contribution in [1.82, 2.24) is 0 Å². The molecule has 0 bridgehead atoms. The Kier molecular flexibility index (Phi) is 5.35. The van der Waals surface area contributed by atoms with Crippen LogP contribution in [0, 0.1) is 0 Å². The van der Waals surface area contributed by atoms with E-state index in [0.717, 1.165) is 17.1 Å².